The molecule has 2 aromatic heterocycles. The van der Waals surface area contributed by atoms with Crippen molar-refractivity contribution in [3.63, 3.8) is 0 Å². The van der Waals surface area contributed by atoms with E-state index < -0.39 is 15.8 Å². The summed E-state index contributed by atoms with van der Waals surface area (Å²) in [5, 5.41) is 0. The van der Waals surface area contributed by atoms with E-state index in [1.54, 1.807) is 0 Å². The summed E-state index contributed by atoms with van der Waals surface area (Å²) in [6, 6.07) is 4.81. The Morgan fingerprint density at radius 1 is 1.10 bits per heavy atom. The van der Waals surface area contributed by atoms with Gasteiger partial charge in [0.1, 0.15) is 17.2 Å². The number of hydrogen-bond acceptors (Lipinski definition) is 5. The van der Waals surface area contributed by atoms with Crippen LogP contribution in [0.4, 0.5) is 10.2 Å². The molecule has 0 saturated carbocycles. The summed E-state index contributed by atoms with van der Waals surface area (Å²) in [5.41, 5.74) is 9.85. The van der Waals surface area contributed by atoms with E-state index in [-0.39, 0.29) is 4.90 Å². The number of benzene rings is 1. The first-order valence-corrected chi connectivity index (χ1v) is 12.1. The normalized spacial score (nSPS) is 12.0. The Balaban J connectivity index is 1.69. The molecule has 168 valence electrons. The van der Waals surface area contributed by atoms with Gasteiger partial charge in [-0.1, -0.05) is 13.3 Å². The molecule has 3 aromatic rings. The summed E-state index contributed by atoms with van der Waals surface area (Å²) in [6.07, 6.45) is 4.40. The van der Waals surface area contributed by atoms with Crippen molar-refractivity contribution in [3.05, 3.63) is 47.2 Å². The molecule has 0 saturated heterocycles. The number of aryl methyl sites for hydroxylation is 4. The molecule has 0 amide bonds. The summed E-state index contributed by atoms with van der Waals surface area (Å²) in [7, 11) is -3.64. The van der Waals surface area contributed by atoms with Gasteiger partial charge in [0.25, 0.3) is 0 Å². The number of rotatable bonds is 10. The van der Waals surface area contributed by atoms with E-state index in [9.17, 15) is 12.8 Å². The van der Waals surface area contributed by atoms with Crippen molar-refractivity contribution < 1.29 is 12.8 Å². The molecule has 0 fully saturated rings. The zero-order chi connectivity index (χ0) is 22.6. The number of halogens is 1. The molecular formula is C22H30FN5O2S. The smallest absolute Gasteiger partial charge is 0.240 e. The number of nitrogens with zero attached hydrogens (tertiary/aromatic N) is 3. The number of nitrogens with one attached hydrogen (secondary N) is 1. The summed E-state index contributed by atoms with van der Waals surface area (Å²) in [6.45, 7) is 7.14. The van der Waals surface area contributed by atoms with Crippen molar-refractivity contribution in [2.75, 3.05) is 12.3 Å². The number of anilines is 1. The number of nitrogen functional groups attached to an aromatic ring is 1. The Morgan fingerprint density at radius 3 is 2.48 bits per heavy atom. The molecule has 9 heteroatoms. The number of sulfonamides is 1. The predicted molar refractivity (Wildman–Crippen MR) is 121 cm³/mol. The molecule has 31 heavy (non-hydrogen) atoms. The second-order valence-electron chi connectivity index (χ2n) is 7.75. The molecule has 1 aromatic carbocycles. The van der Waals surface area contributed by atoms with Crippen molar-refractivity contribution in [2.24, 2.45) is 0 Å². The van der Waals surface area contributed by atoms with Crippen LogP contribution in [0.3, 0.4) is 0 Å². The lowest BCUT2D eigenvalue weighted by Gasteiger charge is -2.12. The van der Waals surface area contributed by atoms with Crippen LogP contribution >= 0.6 is 0 Å². The number of pyridine rings is 1. The van der Waals surface area contributed by atoms with Crippen LogP contribution in [-0.2, 0) is 23.0 Å². The molecule has 0 spiro atoms. The van der Waals surface area contributed by atoms with Crippen LogP contribution in [0.1, 0.15) is 49.7 Å². The van der Waals surface area contributed by atoms with E-state index in [0.717, 1.165) is 72.5 Å². The Hall–Kier alpha value is -2.52. The fraction of sp³-hybridized carbons (Fsp3) is 0.455. The Morgan fingerprint density at radius 2 is 1.81 bits per heavy atom. The zero-order valence-corrected chi connectivity index (χ0v) is 19.1. The molecule has 0 aliphatic rings. The first-order valence-electron chi connectivity index (χ1n) is 10.6. The molecule has 2 heterocycles. The van der Waals surface area contributed by atoms with Crippen LogP contribution in [0.15, 0.2) is 29.2 Å². The SMILES string of the molecule is CCCCc1nc2c(N)nc(C)c(C)c2n1CCCCNS(=O)(=O)c1ccc(F)cc1. The van der Waals surface area contributed by atoms with Gasteiger partial charge in [-0.15, -0.1) is 0 Å². The highest BCUT2D eigenvalue weighted by molar-refractivity contribution is 7.89. The third-order valence-electron chi connectivity index (χ3n) is 5.45. The molecule has 7 nitrogen and oxygen atoms in total. The van der Waals surface area contributed by atoms with Gasteiger partial charge >= 0.3 is 0 Å². The fourth-order valence-corrected chi connectivity index (χ4v) is 4.69. The largest absolute Gasteiger partial charge is 0.382 e. The predicted octanol–water partition coefficient (Wildman–Crippen LogP) is 3.87. The topological polar surface area (TPSA) is 103 Å². The Labute approximate surface area is 182 Å². The quantitative estimate of drug-likeness (QED) is 0.459. The van der Waals surface area contributed by atoms with Crippen molar-refractivity contribution in [3.8, 4) is 0 Å². The molecule has 3 N–H and O–H groups in total. The summed E-state index contributed by atoms with van der Waals surface area (Å²) >= 11 is 0. The lowest BCUT2D eigenvalue weighted by molar-refractivity contribution is 0.560. The number of hydrogen-bond donors (Lipinski definition) is 2. The minimum absolute atomic E-state index is 0.0606. The van der Waals surface area contributed by atoms with Crippen molar-refractivity contribution in [1.82, 2.24) is 19.3 Å². The third kappa shape index (κ3) is 5.22. The van der Waals surface area contributed by atoms with Crippen LogP contribution in [0.2, 0.25) is 0 Å². The average molecular weight is 448 g/mol. The van der Waals surface area contributed by atoms with Crippen molar-refractivity contribution in [2.45, 2.75) is 64.3 Å². The average Bonchev–Trinajstić information content (AvgIpc) is 3.09. The first kappa shape index (κ1) is 23.1. The maximum Gasteiger partial charge on any atom is 0.240 e. The minimum atomic E-state index is -3.64. The zero-order valence-electron chi connectivity index (χ0n) is 18.3. The highest BCUT2D eigenvalue weighted by Crippen LogP contribution is 2.27. The first-order chi connectivity index (χ1) is 14.7. The van der Waals surface area contributed by atoms with E-state index in [0.29, 0.717) is 18.8 Å². The lowest BCUT2D eigenvalue weighted by Crippen LogP contribution is -2.25. The molecule has 0 bridgehead atoms. The van der Waals surface area contributed by atoms with E-state index >= 15 is 0 Å². The van der Waals surface area contributed by atoms with E-state index in [2.05, 4.69) is 21.2 Å². The van der Waals surface area contributed by atoms with Gasteiger partial charge in [0.15, 0.2) is 5.82 Å². The maximum absolute atomic E-state index is 13.0. The number of fused-ring (bicyclic) bond motifs is 1. The van der Waals surface area contributed by atoms with Gasteiger partial charge in [0.05, 0.1) is 10.4 Å². The summed E-state index contributed by atoms with van der Waals surface area (Å²) in [5.74, 6) is 0.972. The second kappa shape index (κ2) is 9.74. The van der Waals surface area contributed by atoms with Gasteiger partial charge in [-0.2, -0.15) is 0 Å². The molecule has 0 atom stereocenters. The monoisotopic (exact) mass is 447 g/mol. The molecular weight excluding hydrogens is 417 g/mol. The number of imidazole rings is 1. The molecule has 0 unspecified atom stereocenters. The van der Waals surface area contributed by atoms with Crippen molar-refractivity contribution >= 4 is 26.9 Å². The fourth-order valence-electron chi connectivity index (χ4n) is 3.61. The standard InChI is InChI=1S/C22H30FN5O2S/c1-4-5-8-19-27-20-21(15(2)16(3)26-22(20)24)28(19)14-7-6-13-25-31(29,30)18-11-9-17(23)10-12-18/h9-12,25H,4-8,13-14H2,1-3H3,(H2,24,26). The Bertz CT molecular complexity index is 1160. The van der Waals surface area contributed by atoms with Crippen LogP contribution in [0.25, 0.3) is 11.0 Å². The van der Waals surface area contributed by atoms with Gasteiger partial charge in [0, 0.05) is 25.2 Å². The van der Waals surface area contributed by atoms with Gasteiger partial charge in [-0.25, -0.2) is 27.5 Å². The summed E-state index contributed by atoms with van der Waals surface area (Å²) in [4.78, 5) is 9.24. The number of aromatic nitrogens is 3. The van der Waals surface area contributed by atoms with E-state index in [1.807, 2.05) is 13.8 Å². The molecule has 0 aliphatic carbocycles. The van der Waals surface area contributed by atoms with Crippen LogP contribution in [0, 0.1) is 19.7 Å². The highest BCUT2D eigenvalue weighted by atomic mass is 32.2. The third-order valence-corrected chi connectivity index (χ3v) is 6.93. The van der Waals surface area contributed by atoms with Crippen molar-refractivity contribution in [1.29, 1.82) is 0 Å². The lowest BCUT2D eigenvalue weighted by atomic mass is 10.2. The summed E-state index contributed by atoms with van der Waals surface area (Å²) < 4.78 is 42.5. The van der Waals surface area contributed by atoms with Gasteiger partial charge in [0.2, 0.25) is 10.0 Å². The highest BCUT2D eigenvalue weighted by Gasteiger charge is 2.17. The van der Waals surface area contributed by atoms with Crippen LogP contribution in [-0.4, -0.2) is 29.5 Å². The molecule has 0 radical (unpaired) electrons. The Kier molecular flexibility index (Phi) is 7.27. The van der Waals surface area contributed by atoms with E-state index in [4.69, 9.17) is 10.7 Å². The molecule has 3 rings (SSSR count). The van der Waals surface area contributed by atoms with Gasteiger partial charge < -0.3 is 10.3 Å². The maximum atomic E-state index is 13.0. The van der Waals surface area contributed by atoms with Gasteiger partial charge in [-0.05, 0) is 62.9 Å². The number of unbranched alkanes of at least 4 members (excludes halogenated alkanes) is 2. The minimum Gasteiger partial charge on any atom is -0.382 e. The van der Waals surface area contributed by atoms with Gasteiger partial charge in [-0.3, -0.25) is 0 Å². The van der Waals surface area contributed by atoms with Crippen LogP contribution in [0.5, 0.6) is 0 Å². The second-order valence-corrected chi connectivity index (χ2v) is 9.51. The number of nitrogens with two attached hydrogens (primary N) is 1. The van der Waals surface area contributed by atoms with Crippen LogP contribution < -0.4 is 10.5 Å². The van der Waals surface area contributed by atoms with E-state index in [1.165, 1.54) is 12.1 Å². The molecule has 0 aliphatic heterocycles.